The van der Waals surface area contributed by atoms with E-state index in [1.165, 1.54) is 0 Å². The fraction of sp³-hybridized carbons (Fsp3) is 0.769. The minimum atomic E-state index is -0.334. The summed E-state index contributed by atoms with van der Waals surface area (Å²) in [7, 11) is 1.61. The van der Waals surface area contributed by atoms with Crippen molar-refractivity contribution < 1.29 is 19.1 Å². The van der Waals surface area contributed by atoms with Gasteiger partial charge in [0.2, 0.25) is 11.8 Å². The Hall–Kier alpha value is -1.63. The molecule has 0 aliphatic carbocycles. The third kappa shape index (κ3) is 5.56. The van der Waals surface area contributed by atoms with Crippen LogP contribution < -0.4 is 5.32 Å². The maximum absolute atomic E-state index is 11.9. The van der Waals surface area contributed by atoms with Gasteiger partial charge in [0.15, 0.2) is 0 Å². The number of nitrogens with one attached hydrogen (secondary N) is 1. The number of amides is 2. The van der Waals surface area contributed by atoms with Crippen LogP contribution >= 0.6 is 0 Å². The highest BCUT2D eigenvalue weighted by Crippen LogP contribution is 2.05. The van der Waals surface area contributed by atoms with E-state index in [1.807, 2.05) is 4.90 Å². The van der Waals surface area contributed by atoms with Gasteiger partial charge in [-0.1, -0.05) is 0 Å². The zero-order valence-electron chi connectivity index (χ0n) is 12.2. The van der Waals surface area contributed by atoms with Crippen molar-refractivity contribution in [3.05, 3.63) is 0 Å². The number of ether oxygens (including phenoxy) is 1. The summed E-state index contributed by atoms with van der Waals surface area (Å²) < 4.78 is 4.79. The number of rotatable bonds is 6. The maximum atomic E-state index is 11.9. The first-order valence-corrected chi connectivity index (χ1v) is 6.93. The molecule has 1 rings (SSSR count). The van der Waals surface area contributed by atoms with Crippen molar-refractivity contribution >= 4 is 17.8 Å². The highest BCUT2D eigenvalue weighted by Gasteiger charge is 2.22. The van der Waals surface area contributed by atoms with E-state index in [0.717, 1.165) is 0 Å². The third-order valence-electron chi connectivity index (χ3n) is 3.22. The van der Waals surface area contributed by atoms with Crippen LogP contribution in [0.3, 0.4) is 0 Å². The van der Waals surface area contributed by atoms with Crippen LogP contribution in [-0.2, 0) is 19.1 Å². The van der Waals surface area contributed by atoms with Crippen molar-refractivity contribution in [2.45, 2.75) is 19.8 Å². The Bertz CT molecular complexity index is 352. The Kier molecular flexibility index (Phi) is 7.00. The van der Waals surface area contributed by atoms with Crippen LogP contribution in [0.2, 0.25) is 0 Å². The molecular formula is C13H23N3O4. The minimum absolute atomic E-state index is 0.0212. The molecule has 114 valence electrons. The summed E-state index contributed by atoms with van der Waals surface area (Å²) in [5, 5.41) is 2.58. The number of nitrogens with zero attached hydrogens (tertiary/aromatic N) is 2. The van der Waals surface area contributed by atoms with Crippen molar-refractivity contribution in [1.82, 2.24) is 15.1 Å². The molecule has 1 aliphatic heterocycles. The van der Waals surface area contributed by atoms with E-state index in [0.29, 0.717) is 39.3 Å². The summed E-state index contributed by atoms with van der Waals surface area (Å²) in [6.45, 7) is 4.99. The summed E-state index contributed by atoms with van der Waals surface area (Å²) >= 11 is 0. The smallest absolute Gasteiger partial charge is 0.306 e. The van der Waals surface area contributed by atoms with Crippen molar-refractivity contribution in [3.8, 4) is 0 Å². The summed E-state index contributed by atoms with van der Waals surface area (Å²) in [4.78, 5) is 38.1. The molecule has 1 aliphatic rings. The van der Waals surface area contributed by atoms with Crippen LogP contribution in [0.25, 0.3) is 0 Å². The lowest BCUT2D eigenvalue weighted by atomic mass is 10.2. The molecule has 7 nitrogen and oxygen atoms in total. The Morgan fingerprint density at radius 3 is 2.30 bits per heavy atom. The first kappa shape index (κ1) is 16.4. The van der Waals surface area contributed by atoms with E-state index in [2.05, 4.69) is 5.32 Å². The van der Waals surface area contributed by atoms with Crippen molar-refractivity contribution in [2.75, 3.05) is 46.4 Å². The molecule has 0 aromatic heterocycles. The number of carbonyl (C=O) groups is 3. The monoisotopic (exact) mass is 285 g/mol. The topological polar surface area (TPSA) is 79.0 Å². The third-order valence-corrected chi connectivity index (χ3v) is 3.22. The van der Waals surface area contributed by atoms with Crippen LogP contribution in [0.15, 0.2) is 0 Å². The van der Waals surface area contributed by atoms with Crippen molar-refractivity contribution in [3.63, 3.8) is 0 Å². The van der Waals surface area contributed by atoms with Crippen LogP contribution in [0, 0.1) is 0 Å². The van der Waals surface area contributed by atoms with Crippen LogP contribution in [0.1, 0.15) is 19.8 Å². The molecule has 0 bridgehead atoms. The van der Waals surface area contributed by atoms with Crippen LogP contribution in [0.5, 0.6) is 0 Å². The van der Waals surface area contributed by atoms with Crippen LogP contribution in [-0.4, -0.2) is 74.0 Å². The molecule has 7 heteroatoms. The number of piperazine rings is 1. The zero-order valence-corrected chi connectivity index (χ0v) is 12.2. The fourth-order valence-corrected chi connectivity index (χ4v) is 2.04. The quantitative estimate of drug-likeness (QED) is 0.648. The fourth-order valence-electron chi connectivity index (χ4n) is 2.04. The molecule has 1 saturated heterocycles. The van der Waals surface area contributed by atoms with Gasteiger partial charge in [0.25, 0.3) is 0 Å². The van der Waals surface area contributed by atoms with Gasteiger partial charge in [-0.05, 0) is 6.92 Å². The lowest BCUT2D eigenvalue weighted by Gasteiger charge is -2.34. The highest BCUT2D eigenvalue weighted by atomic mass is 16.5. The van der Waals surface area contributed by atoms with Crippen molar-refractivity contribution in [2.24, 2.45) is 0 Å². The van der Waals surface area contributed by atoms with Gasteiger partial charge in [0.1, 0.15) is 0 Å². The van der Waals surface area contributed by atoms with Gasteiger partial charge in [-0.15, -0.1) is 0 Å². The largest absolute Gasteiger partial charge is 0.466 e. The molecule has 1 fully saturated rings. The molecule has 0 atom stereocenters. The summed E-state index contributed by atoms with van der Waals surface area (Å²) in [6.07, 6.45) is 0.319. The normalized spacial score (nSPS) is 15.8. The highest BCUT2D eigenvalue weighted by molar-refractivity contribution is 5.81. The predicted molar refractivity (Wildman–Crippen MR) is 73.0 cm³/mol. The Morgan fingerprint density at radius 2 is 1.75 bits per heavy atom. The standard InChI is InChI=1S/C13H23N3O4/c1-3-20-13(19)5-4-12(18)16-8-6-15(7-9-16)10-11(17)14-2/h3-10H2,1-2H3,(H,14,17). The summed E-state index contributed by atoms with van der Waals surface area (Å²) in [6, 6.07) is 0. The molecular weight excluding hydrogens is 262 g/mol. The van der Waals surface area contributed by atoms with Gasteiger partial charge in [-0.3, -0.25) is 19.3 Å². The average molecular weight is 285 g/mol. The first-order valence-electron chi connectivity index (χ1n) is 6.93. The lowest BCUT2D eigenvalue weighted by molar-refractivity contribution is -0.146. The predicted octanol–water partition coefficient (Wildman–Crippen LogP) is -0.780. The van der Waals surface area contributed by atoms with E-state index in [9.17, 15) is 14.4 Å². The van der Waals surface area contributed by atoms with Gasteiger partial charge >= 0.3 is 5.97 Å². The second kappa shape index (κ2) is 8.52. The first-order chi connectivity index (χ1) is 9.56. The van der Waals surface area contributed by atoms with Gasteiger partial charge in [0.05, 0.1) is 19.6 Å². The Morgan fingerprint density at radius 1 is 1.10 bits per heavy atom. The second-order valence-corrected chi connectivity index (χ2v) is 4.64. The Balaban J connectivity index is 2.25. The number of esters is 1. The SMILES string of the molecule is CCOC(=O)CCC(=O)N1CCN(CC(=O)NC)CC1. The van der Waals surface area contributed by atoms with E-state index < -0.39 is 0 Å². The molecule has 0 aromatic carbocycles. The lowest BCUT2D eigenvalue weighted by Crippen LogP contribution is -2.50. The molecule has 0 unspecified atom stereocenters. The minimum Gasteiger partial charge on any atom is -0.466 e. The molecule has 0 radical (unpaired) electrons. The number of hydrogen-bond acceptors (Lipinski definition) is 5. The molecule has 20 heavy (non-hydrogen) atoms. The molecule has 2 amide bonds. The van der Waals surface area contributed by atoms with Crippen LogP contribution in [0.4, 0.5) is 0 Å². The van der Waals surface area contributed by atoms with E-state index in [4.69, 9.17) is 4.74 Å². The van der Waals surface area contributed by atoms with Crippen molar-refractivity contribution in [1.29, 1.82) is 0 Å². The number of carbonyl (C=O) groups excluding carboxylic acids is 3. The summed E-state index contributed by atoms with van der Waals surface area (Å²) in [5.41, 5.74) is 0. The number of likely N-dealkylation sites (N-methyl/N-ethyl adjacent to an activating group) is 1. The van der Waals surface area contributed by atoms with E-state index in [-0.39, 0.29) is 30.6 Å². The maximum Gasteiger partial charge on any atom is 0.306 e. The molecule has 0 spiro atoms. The van der Waals surface area contributed by atoms with Gasteiger partial charge in [-0.2, -0.15) is 0 Å². The number of hydrogen-bond donors (Lipinski definition) is 1. The summed E-state index contributed by atoms with van der Waals surface area (Å²) in [5.74, 6) is -0.385. The van der Waals surface area contributed by atoms with Gasteiger partial charge in [0, 0.05) is 39.6 Å². The van der Waals surface area contributed by atoms with E-state index in [1.54, 1.807) is 18.9 Å². The molecule has 0 saturated carbocycles. The van der Waals surface area contributed by atoms with Gasteiger partial charge in [-0.25, -0.2) is 0 Å². The van der Waals surface area contributed by atoms with Gasteiger partial charge < -0.3 is 15.0 Å². The molecule has 1 N–H and O–H groups in total. The Labute approximate surface area is 119 Å². The second-order valence-electron chi connectivity index (χ2n) is 4.64. The van der Waals surface area contributed by atoms with E-state index >= 15 is 0 Å². The zero-order chi connectivity index (χ0) is 15.0. The molecule has 0 aromatic rings. The average Bonchev–Trinajstić information content (AvgIpc) is 2.45. The molecule has 1 heterocycles.